The molecule has 94 valence electrons. The largest absolute Gasteiger partial charge is 0.494 e. The molecular formula is C12H13N3O2S. The van der Waals surface area contributed by atoms with Crippen molar-refractivity contribution in [2.45, 2.75) is 6.92 Å². The second-order valence-corrected chi connectivity index (χ2v) is 4.89. The Hall–Kier alpha value is -2.08. The third-order valence-electron chi connectivity index (χ3n) is 2.32. The smallest absolute Gasteiger partial charge is 0.267 e. The molecular weight excluding hydrogens is 250 g/mol. The lowest BCUT2D eigenvalue weighted by Crippen LogP contribution is -2.11. The van der Waals surface area contributed by atoms with Crippen molar-refractivity contribution in [1.82, 2.24) is 4.98 Å². The number of amides is 1. The molecule has 0 aliphatic carbocycles. The summed E-state index contributed by atoms with van der Waals surface area (Å²) in [4.78, 5) is 16.6. The van der Waals surface area contributed by atoms with Crippen LogP contribution < -0.4 is 15.8 Å². The predicted molar refractivity (Wildman–Crippen MR) is 72.2 cm³/mol. The van der Waals surface area contributed by atoms with E-state index >= 15 is 0 Å². The Kier molecular flexibility index (Phi) is 3.47. The van der Waals surface area contributed by atoms with Crippen LogP contribution in [-0.2, 0) is 0 Å². The molecule has 18 heavy (non-hydrogen) atoms. The molecule has 0 saturated carbocycles. The van der Waals surface area contributed by atoms with Gasteiger partial charge in [-0.1, -0.05) is 0 Å². The highest BCUT2D eigenvalue weighted by atomic mass is 32.1. The SMILES string of the molecule is COc1cc(N)ccc1NC(=O)c1cnc(C)s1. The van der Waals surface area contributed by atoms with Crippen LogP contribution in [0.5, 0.6) is 5.75 Å². The number of hydrogen-bond acceptors (Lipinski definition) is 5. The van der Waals surface area contributed by atoms with E-state index in [4.69, 9.17) is 10.5 Å². The summed E-state index contributed by atoms with van der Waals surface area (Å²) in [6.45, 7) is 1.85. The minimum absolute atomic E-state index is 0.205. The van der Waals surface area contributed by atoms with Crippen LogP contribution in [0, 0.1) is 6.92 Å². The van der Waals surface area contributed by atoms with Crippen molar-refractivity contribution in [2.75, 3.05) is 18.2 Å². The molecule has 2 aromatic rings. The topological polar surface area (TPSA) is 77.2 Å². The summed E-state index contributed by atoms with van der Waals surface area (Å²) in [6, 6.07) is 5.07. The van der Waals surface area contributed by atoms with Crippen molar-refractivity contribution in [3.63, 3.8) is 0 Å². The molecule has 0 unspecified atom stereocenters. The van der Waals surface area contributed by atoms with Gasteiger partial charge in [0.2, 0.25) is 0 Å². The van der Waals surface area contributed by atoms with E-state index < -0.39 is 0 Å². The second-order valence-electron chi connectivity index (χ2n) is 3.66. The van der Waals surface area contributed by atoms with Crippen molar-refractivity contribution in [3.8, 4) is 5.75 Å². The first-order valence-corrected chi connectivity index (χ1v) is 6.09. The molecule has 1 aromatic carbocycles. The van der Waals surface area contributed by atoms with E-state index in [1.165, 1.54) is 18.4 Å². The Bertz CT molecular complexity index is 580. The summed E-state index contributed by atoms with van der Waals surface area (Å²) in [5.41, 5.74) is 6.82. The Morgan fingerprint density at radius 1 is 1.50 bits per heavy atom. The van der Waals surface area contributed by atoms with Gasteiger partial charge >= 0.3 is 0 Å². The van der Waals surface area contributed by atoms with E-state index in [-0.39, 0.29) is 5.91 Å². The van der Waals surface area contributed by atoms with Gasteiger partial charge in [-0.2, -0.15) is 0 Å². The van der Waals surface area contributed by atoms with Gasteiger partial charge in [-0.15, -0.1) is 11.3 Å². The van der Waals surface area contributed by atoms with Crippen molar-refractivity contribution < 1.29 is 9.53 Å². The fourth-order valence-electron chi connectivity index (χ4n) is 1.46. The van der Waals surface area contributed by atoms with Crippen LogP contribution in [0.25, 0.3) is 0 Å². The van der Waals surface area contributed by atoms with Crippen LogP contribution in [0.15, 0.2) is 24.4 Å². The number of aryl methyl sites for hydroxylation is 1. The van der Waals surface area contributed by atoms with Crippen LogP contribution in [0.3, 0.4) is 0 Å². The quantitative estimate of drug-likeness (QED) is 0.833. The Balaban J connectivity index is 2.21. The Morgan fingerprint density at radius 3 is 2.89 bits per heavy atom. The molecule has 1 heterocycles. The number of anilines is 2. The molecule has 0 saturated heterocycles. The average Bonchev–Trinajstić information content (AvgIpc) is 2.78. The van der Waals surface area contributed by atoms with Crippen molar-refractivity contribution in [1.29, 1.82) is 0 Å². The third kappa shape index (κ3) is 2.60. The summed E-state index contributed by atoms with van der Waals surface area (Å²) in [5, 5.41) is 3.62. The van der Waals surface area contributed by atoms with Crippen LogP contribution in [0.2, 0.25) is 0 Å². The molecule has 0 aliphatic heterocycles. The first-order valence-electron chi connectivity index (χ1n) is 5.27. The standard InChI is InChI=1S/C12H13N3O2S/c1-7-14-6-11(18-7)12(16)15-9-4-3-8(13)5-10(9)17-2/h3-6H,13H2,1-2H3,(H,15,16). The minimum atomic E-state index is -0.205. The first kappa shape index (κ1) is 12.4. The van der Waals surface area contributed by atoms with Crippen LogP contribution >= 0.6 is 11.3 Å². The molecule has 2 rings (SSSR count). The summed E-state index contributed by atoms with van der Waals surface area (Å²) in [6.07, 6.45) is 1.55. The van der Waals surface area contributed by atoms with Gasteiger partial charge in [-0.3, -0.25) is 4.79 Å². The van der Waals surface area contributed by atoms with Crippen LogP contribution in [0.4, 0.5) is 11.4 Å². The van der Waals surface area contributed by atoms with E-state index in [0.29, 0.717) is 22.0 Å². The lowest BCUT2D eigenvalue weighted by molar-refractivity contribution is 0.103. The minimum Gasteiger partial charge on any atom is -0.494 e. The highest BCUT2D eigenvalue weighted by molar-refractivity contribution is 7.13. The fraction of sp³-hybridized carbons (Fsp3) is 0.167. The highest BCUT2D eigenvalue weighted by Gasteiger charge is 2.12. The number of benzene rings is 1. The number of nitrogens with two attached hydrogens (primary N) is 1. The monoisotopic (exact) mass is 263 g/mol. The number of hydrogen-bond donors (Lipinski definition) is 2. The van der Waals surface area contributed by atoms with E-state index in [2.05, 4.69) is 10.3 Å². The van der Waals surface area contributed by atoms with E-state index in [1.807, 2.05) is 6.92 Å². The summed E-state index contributed by atoms with van der Waals surface area (Å²) >= 11 is 1.34. The van der Waals surface area contributed by atoms with Gasteiger partial charge in [0.25, 0.3) is 5.91 Å². The van der Waals surface area contributed by atoms with Crippen molar-refractivity contribution >= 4 is 28.6 Å². The van der Waals surface area contributed by atoms with Gasteiger partial charge in [-0.25, -0.2) is 4.98 Å². The Labute approximate surface area is 109 Å². The summed E-state index contributed by atoms with van der Waals surface area (Å²) in [5.74, 6) is 0.327. The van der Waals surface area contributed by atoms with Crippen molar-refractivity contribution in [3.05, 3.63) is 34.3 Å². The molecule has 0 atom stereocenters. The third-order valence-corrected chi connectivity index (χ3v) is 3.23. The maximum Gasteiger partial charge on any atom is 0.267 e. The molecule has 5 nitrogen and oxygen atoms in total. The lowest BCUT2D eigenvalue weighted by Gasteiger charge is -2.09. The maximum absolute atomic E-state index is 12.0. The number of carbonyl (C=O) groups excluding carboxylic acids is 1. The van der Waals surface area contributed by atoms with Gasteiger partial charge in [0.15, 0.2) is 0 Å². The van der Waals surface area contributed by atoms with Gasteiger partial charge in [0.1, 0.15) is 10.6 Å². The number of aromatic nitrogens is 1. The van der Waals surface area contributed by atoms with E-state index in [9.17, 15) is 4.79 Å². The molecule has 6 heteroatoms. The number of methoxy groups -OCH3 is 1. The lowest BCUT2D eigenvalue weighted by atomic mass is 10.2. The van der Waals surface area contributed by atoms with Crippen LogP contribution in [0.1, 0.15) is 14.7 Å². The first-order chi connectivity index (χ1) is 8.60. The molecule has 3 N–H and O–H groups in total. The number of thiazole rings is 1. The molecule has 0 aliphatic rings. The number of rotatable bonds is 3. The molecule has 0 bridgehead atoms. The molecule has 1 amide bonds. The van der Waals surface area contributed by atoms with Crippen LogP contribution in [-0.4, -0.2) is 18.0 Å². The normalized spacial score (nSPS) is 10.1. The number of nitrogens with zero attached hydrogens (tertiary/aromatic N) is 1. The van der Waals surface area contributed by atoms with E-state index in [1.54, 1.807) is 24.4 Å². The number of nitrogen functional groups attached to an aromatic ring is 1. The molecule has 0 fully saturated rings. The van der Waals surface area contributed by atoms with E-state index in [0.717, 1.165) is 5.01 Å². The zero-order valence-electron chi connectivity index (χ0n) is 10.1. The zero-order valence-corrected chi connectivity index (χ0v) is 10.9. The summed E-state index contributed by atoms with van der Waals surface area (Å²) < 4.78 is 5.16. The predicted octanol–water partition coefficient (Wildman–Crippen LogP) is 2.29. The molecule has 1 aromatic heterocycles. The van der Waals surface area contributed by atoms with Gasteiger partial charge < -0.3 is 15.8 Å². The van der Waals surface area contributed by atoms with Gasteiger partial charge in [0, 0.05) is 11.8 Å². The number of ether oxygens (including phenoxy) is 1. The molecule has 0 radical (unpaired) electrons. The number of carbonyl (C=O) groups is 1. The summed E-state index contributed by atoms with van der Waals surface area (Å²) in [7, 11) is 1.53. The Morgan fingerprint density at radius 2 is 2.28 bits per heavy atom. The highest BCUT2D eigenvalue weighted by Crippen LogP contribution is 2.27. The average molecular weight is 263 g/mol. The van der Waals surface area contributed by atoms with Gasteiger partial charge in [0.05, 0.1) is 24.0 Å². The number of nitrogens with one attached hydrogen (secondary N) is 1. The maximum atomic E-state index is 12.0. The fourth-order valence-corrected chi connectivity index (χ4v) is 2.13. The zero-order chi connectivity index (χ0) is 13.1. The van der Waals surface area contributed by atoms with Crippen molar-refractivity contribution in [2.24, 2.45) is 0 Å². The second kappa shape index (κ2) is 5.05. The van der Waals surface area contributed by atoms with Gasteiger partial charge in [-0.05, 0) is 19.1 Å². The molecule has 0 spiro atoms.